The number of Topliss-reactive ketones (excluding diaryl/α,β-unsaturated/α-hetero) is 2. The molecule has 2 heterocycles. The Morgan fingerprint density at radius 1 is 1.18 bits per heavy atom. The van der Waals surface area contributed by atoms with E-state index in [1.54, 1.807) is 11.3 Å². The van der Waals surface area contributed by atoms with Crippen molar-refractivity contribution >= 4 is 28.8 Å². The van der Waals surface area contributed by atoms with Gasteiger partial charge in [-0.15, -0.1) is 11.3 Å². The first kappa shape index (κ1) is 30.1. The number of nitrogens with two attached hydrogens (primary N) is 1. The third kappa shape index (κ3) is 8.02. The number of hydrogen-bond donors (Lipinski definition) is 2. The Kier molecular flexibility index (Phi) is 10.7. The molecule has 1 aromatic heterocycles. The number of likely N-dealkylation sites (tertiary alicyclic amines) is 1. The number of β-amino-alcohol motifs (C(OH)–C–C–N with tert-alkyl or cyclic N) is 1. The van der Waals surface area contributed by atoms with E-state index in [4.69, 9.17) is 10.5 Å². The molecule has 1 aliphatic rings. The topological polar surface area (TPSA) is 123 Å². The largest absolute Gasteiger partial charge is 0.391 e. The SMILES string of the molecule is Cc1ncsc1-c1ccc(CCC(=O)[C@@H]2C[C@@H](O)CN2C(=O)[C@@H](CC(=O)CCOCCN)C(C)(C)C)cc1. The van der Waals surface area contributed by atoms with Gasteiger partial charge in [0, 0.05) is 44.7 Å². The van der Waals surface area contributed by atoms with E-state index in [1.165, 1.54) is 4.90 Å². The molecule has 38 heavy (non-hydrogen) atoms. The summed E-state index contributed by atoms with van der Waals surface area (Å²) in [6, 6.07) is 7.45. The summed E-state index contributed by atoms with van der Waals surface area (Å²) in [6.45, 7) is 8.92. The summed E-state index contributed by atoms with van der Waals surface area (Å²) < 4.78 is 5.32. The van der Waals surface area contributed by atoms with Crippen LogP contribution in [0.25, 0.3) is 10.4 Å². The molecule has 2 aromatic rings. The normalized spacial score (nSPS) is 18.5. The molecule has 208 valence electrons. The highest BCUT2D eigenvalue weighted by Gasteiger charge is 2.44. The number of ketones is 2. The summed E-state index contributed by atoms with van der Waals surface area (Å²) in [7, 11) is 0. The van der Waals surface area contributed by atoms with E-state index in [0.717, 1.165) is 21.7 Å². The van der Waals surface area contributed by atoms with Gasteiger partial charge in [-0.25, -0.2) is 4.98 Å². The van der Waals surface area contributed by atoms with Gasteiger partial charge in [-0.1, -0.05) is 45.0 Å². The highest BCUT2D eigenvalue weighted by atomic mass is 32.1. The average Bonchev–Trinajstić information content (AvgIpc) is 3.48. The van der Waals surface area contributed by atoms with Crippen molar-refractivity contribution in [2.45, 2.75) is 71.9 Å². The second kappa shape index (κ2) is 13.6. The first-order chi connectivity index (χ1) is 18.0. The van der Waals surface area contributed by atoms with E-state index in [-0.39, 0.29) is 56.3 Å². The minimum Gasteiger partial charge on any atom is -0.391 e. The highest BCUT2D eigenvalue weighted by Crippen LogP contribution is 2.34. The Balaban J connectivity index is 1.63. The van der Waals surface area contributed by atoms with Crippen molar-refractivity contribution in [2.24, 2.45) is 17.1 Å². The maximum absolute atomic E-state index is 13.7. The fourth-order valence-corrected chi connectivity index (χ4v) is 5.68. The maximum atomic E-state index is 13.7. The van der Waals surface area contributed by atoms with Gasteiger partial charge < -0.3 is 20.5 Å². The van der Waals surface area contributed by atoms with E-state index in [2.05, 4.69) is 4.98 Å². The number of carbonyl (C=O) groups is 3. The number of ether oxygens (including phenoxy) is 1. The smallest absolute Gasteiger partial charge is 0.227 e. The first-order valence-electron chi connectivity index (χ1n) is 13.3. The van der Waals surface area contributed by atoms with Crippen LogP contribution in [0, 0.1) is 18.3 Å². The summed E-state index contributed by atoms with van der Waals surface area (Å²) in [4.78, 5) is 46.5. The van der Waals surface area contributed by atoms with Gasteiger partial charge in [-0.05, 0) is 29.9 Å². The minimum atomic E-state index is -0.754. The molecule has 0 bridgehead atoms. The Morgan fingerprint density at radius 2 is 1.89 bits per heavy atom. The van der Waals surface area contributed by atoms with E-state index in [1.807, 2.05) is 57.5 Å². The molecule has 0 unspecified atom stereocenters. The first-order valence-corrected chi connectivity index (χ1v) is 14.2. The summed E-state index contributed by atoms with van der Waals surface area (Å²) in [6.07, 6.45) is 0.596. The summed E-state index contributed by atoms with van der Waals surface area (Å²) >= 11 is 1.60. The Hall–Kier alpha value is -2.46. The van der Waals surface area contributed by atoms with E-state index in [9.17, 15) is 19.5 Å². The molecule has 3 atom stereocenters. The molecule has 0 radical (unpaired) electrons. The lowest BCUT2D eigenvalue weighted by Crippen LogP contribution is -2.47. The quantitative estimate of drug-likeness (QED) is 0.370. The molecule has 0 aliphatic carbocycles. The molecular weight excluding hydrogens is 502 g/mol. The van der Waals surface area contributed by atoms with Gasteiger partial charge >= 0.3 is 0 Å². The van der Waals surface area contributed by atoms with Crippen molar-refractivity contribution in [3.8, 4) is 10.4 Å². The number of aromatic nitrogens is 1. The molecule has 1 aromatic carbocycles. The molecule has 1 fully saturated rings. The van der Waals surface area contributed by atoms with Crippen molar-refractivity contribution in [1.82, 2.24) is 9.88 Å². The van der Waals surface area contributed by atoms with Gasteiger partial charge in [0.1, 0.15) is 5.78 Å². The summed E-state index contributed by atoms with van der Waals surface area (Å²) in [5.41, 5.74) is 9.90. The second-order valence-electron chi connectivity index (χ2n) is 11.1. The van der Waals surface area contributed by atoms with Crippen molar-refractivity contribution in [2.75, 3.05) is 26.3 Å². The molecule has 1 amide bonds. The average molecular weight is 544 g/mol. The Labute approximate surface area is 229 Å². The number of rotatable bonds is 13. The van der Waals surface area contributed by atoms with Crippen molar-refractivity contribution in [1.29, 1.82) is 0 Å². The maximum Gasteiger partial charge on any atom is 0.227 e. The fraction of sp³-hybridized carbons (Fsp3) is 0.586. The number of amides is 1. The minimum absolute atomic E-state index is 0.0603. The van der Waals surface area contributed by atoms with Crippen molar-refractivity contribution in [3.63, 3.8) is 0 Å². The van der Waals surface area contributed by atoms with Gasteiger partial charge in [0.05, 0.1) is 41.4 Å². The molecule has 3 N–H and O–H groups in total. The molecule has 1 aliphatic heterocycles. The zero-order chi connectivity index (χ0) is 27.9. The van der Waals surface area contributed by atoms with Crippen molar-refractivity contribution in [3.05, 3.63) is 41.0 Å². The van der Waals surface area contributed by atoms with Gasteiger partial charge in [-0.2, -0.15) is 0 Å². The zero-order valence-electron chi connectivity index (χ0n) is 22.9. The van der Waals surface area contributed by atoms with E-state index in [0.29, 0.717) is 19.6 Å². The van der Waals surface area contributed by atoms with Gasteiger partial charge in [-0.3, -0.25) is 14.4 Å². The lowest BCUT2D eigenvalue weighted by Gasteiger charge is -2.34. The number of aliphatic hydroxyl groups is 1. The van der Waals surface area contributed by atoms with Crippen LogP contribution in [0.15, 0.2) is 29.8 Å². The van der Waals surface area contributed by atoms with Crippen LogP contribution < -0.4 is 5.73 Å². The molecular formula is C29H41N3O5S. The summed E-state index contributed by atoms with van der Waals surface area (Å²) in [5.74, 6) is -0.956. The monoisotopic (exact) mass is 543 g/mol. The molecule has 0 spiro atoms. The fourth-order valence-electron chi connectivity index (χ4n) is 4.86. The highest BCUT2D eigenvalue weighted by molar-refractivity contribution is 7.13. The van der Waals surface area contributed by atoms with Crippen LogP contribution >= 0.6 is 11.3 Å². The van der Waals surface area contributed by atoms with E-state index >= 15 is 0 Å². The molecule has 9 heteroatoms. The van der Waals surface area contributed by atoms with Crippen LogP contribution in [0.1, 0.15) is 57.7 Å². The molecule has 1 saturated heterocycles. The van der Waals surface area contributed by atoms with E-state index < -0.39 is 23.5 Å². The van der Waals surface area contributed by atoms with Crippen LogP contribution in [-0.4, -0.2) is 70.9 Å². The molecule has 3 rings (SSSR count). The molecule has 0 saturated carbocycles. The van der Waals surface area contributed by atoms with Crippen LogP contribution in [0.3, 0.4) is 0 Å². The van der Waals surface area contributed by atoms with Crippen LogP contribution in [0.5, 0.6) is 0 Å². The Bertz CT molecular complexity index is 1090. The predicted molar refractivity (Wildman–Crippen MR) is 149 cm³/mol. The van der Waals surface area contributed by atoms with Crippen LogP contribution in [0.4, 0.5) is 0 Å². The number of thiazole rings is 1. The number of aryl methyl sites for hydroxylation is 2. The van der Waals surface area contributed by atoms with Crippen LogP contribution in [0.2, 0.25) is 0 Å². The number of carbonyl (C=O) groups excluding carboxylic acids is 3. The Morgan fingerprint density at radius 3 is 2.50 bits per heavy atom. The van der Waals surface area contributed by atoms with Crippen LogP contribution in [-0.2, 0) is 25.5 Å². The number of nitrogens with zero attached hydrogens (tertiary/aromatic N) is 2. The summed E-state index contributed by atoms with van der Waals surface area (Å²) in [5, 5.41) is 10.4. The molecule has 8 nitrogen and oxygen atoms in total. The van der Waals surface area contributed by atoms with Gasteiger partial charge in [0.15, 0.2) is 5.78 Å². The third-order valence-corrected chi connectivity index (χ3v) is 8.10. The van der Waals surface area contributed by atoms with Gasteiger partial charge in [0.2, 0.25) is 5.91 Å². The second-order valence-corrected chi connectivity index (χ2v) is 12.0. The predicted octanol–water partition coefficient (Wildman–Crippen LogP) is 3.57. The number of benzene rings is 1. The number of aliphatic hydroxyl groups excluding tert-OH is 1. The zero-order valence-corrected chi connectivity index (χ0v) is 23.8. The van der Waals surface area contributed by atoms with Gasteiger partial charge in [0.25, 0.3) is 0 Å². The lowest BCUT2D eigenvalue weighted by atomic mass is 9.76. The lowest BCUT2D eigenvalue weighted by molar-refractivity contribution is -0.146. The number of hydrogen-bond acceptors (Lipinski definition) is 8. The third-order valence-electron chi connectivity index (χ3n) is 7.12. The van der Waals surface area contributed by atoms with Crippen molar-refractivity contribution < 1.29 is 24.2 Å². The standard InChI is InChI=1S/C29H41N3O5S/c1-19-27(38-18-31-19)21-8-5-20(6-9-21)7-10-26(35)25-16-23(34)17-32(25)28(36)24(29(2,3)4)15-22(33)11-13-37-14-12-30/h5-6,8-9,18,23-25,34H,7,10-17,30H2,1-4H3/t23-,24-,25+/m1/s1.